The van der Waals surface area contributed by atoms with Crippen molar-refractivity contribution in [2.75, 3.05) is 0 Å². The van der Waals surface area contributed by atoms with E-state index in [9.17, 15) is 8.78 Å². The van der Waals surface area contributed by atoms with E-state index >= 15 is 0 Å². The van der Waals surface area contributed by atoms with Crippen LogP contribution in [0.4, 0.5) is 8.78 Å². The number of hydrogen-bond acceptors (Lipinski definition) is 3. The quantitative estimate of drug-likeness (QED) is 0.672. The Morgan fingerprint density at radius 2 is 1.85 bits per heavy atom. The first-order chi connectivity index (χ1) is 9.56. The molecule has 0 heterocycles. The van der Waals surface area contributed by atoms with Gasteiger partial charge in [-0.25, -0.2) is 4.39 Å². The minimum absolute atomic E-state index is 0.0362. The van der Waals surface area contributed by atoms with Gasteiger partial charge in [0.2, 0.25) is 11.6 Å². The smallest absolute Gasteiger partial charge is 0.211 e. The van der Waals surface area contributed by atoms with E-state index in [1.165, 1.54) is 41.2 Å². The van der Waals surface area contributed by atoms with Gasteiger partial charge in [0.05, 0.1) is 16.7 Å². The molecule has 0 unspecified atom stereocenters. The van der Waals surface area contributed by atoms with Gasteiger partial charge in [-0.3, -0.25) is 0 Å². The number of nitriles is 1. The summed E-state index contributed by atoms with van der Waals surface area (Å²) < 4.78 is 37.4. The zero-order chi connectivity index (χ0) is 14.7. The lowest BCUT2D eigenvalue weighted by Crippen LogP contribution is -1.95. The predicted molar refractivity (Wildman–Crippen MR) is 77.2 cm³/mol. The second kappa shape index (κ2) is 6.24. The average molecular weight is 408 g/mol. The van der Waals surface area contributed by atoms with Crippen LogP contribution >= 0.6 is 34.6 Å². The summed E-state index contributed by atoms with van der Waals surface area (Å²) in [5, 5.41) is 8.79. The molecule has 7 heteroatoms. The Morgan fingerprint density at radius 3 is 2.45 bits per heavy atom. The maximum Gasteiger partial charge on any atom is 0.211 e. The summed E-state index contributed by atoms with van der Waals surface area (Å²) in [5.41, 5.74) is 0.313. The minimum atomic E-state index is -0.972. The van der Waals surface area contributed by atoms with Crippen LogP contribution < -0.4 is 7.80 Å². The monoisotopic (exact) mass is 407 g/mol. The van der Waals surface area contributed by atoms with Gasteiger partial charge in [-0.05, 0) is 30.3 Å². The molecule has 2 rings (SSSR count). The number of hydrogen-bond donors (Lipinski definition) is 0. The highest BCUT2D eigenvalue weighted by atomic mass is 127. The summed E-state index contributed by atoms with van der Waals surface area (Å²) in [4.78, 5) is 0. The summed E-state index contributed by atoms with van der Waals surface area (Å²) >= 11 is 7.36. The molecule has 0 bridgehead atoms. The summed E-state index contributed by atoms with van der Waals surface area (Å²) in [6.45, 7) is 0. The van der Waals surface area contributed by atoms with Crippen LogP contribution in [0.15, 0.2) is 30.3 Å². The molecule has 102 valence electrons. The lowest BCUT2D eigenvalue weighted by molar-refractivity contribution is 0.400. The molecule has 0 aliphatic heterocycles. The Morgan fingerprint density at radius 1 is 1.15 bits per heavy atom. The fraction of sp³-hybridized carbons (Fsp3) is 0. The first kappa shape index (κ1) is 14.8. The molecule has 0 aliphatic carbocycles. The molecule has 0 aliphatic rings. The fourth-order valence-corrected chi connectivity index (χ4v) is 1.99. The van der Waals surface area contributed by atoms with Gasteiger partial charge < -0.3 is 7.80 Å². The van der Waals surface area contributed by atoms with E-state index in [0.717, 1.165) is 12.1 Å². The van der Waals surface area contributed by atoms with Crippen LogP contribution in [0.25, 0.3) is 0 Å². The zero-order valence-corrected chi connectivity index (χ0v) is 12.6. The topological polar surface area (TPSA) is 42.2 Å². The molecule has 2 aromatic rings. The summed E-state index contributed by atoms with van der Waals surface area (Å²) in [6, 6.07) is 8.18. The van der Waals surface area contributed by atoms with E-state index in [-0.39, 0.29) is 16.5 Å². The van der Waals surface area contributed by atoms with E-state index in [4.69, 9.17) is 24.7 Å². The molecular weight excluding hydrogens is 403 g/mol. The molecule has 3 nitrogen and oxygen atoms in total. The van der Waals surface area contributed by atoms with Gasteiger partial charge in [-0.1, -0.05) is 11.6 Å². The highest BCUT2D eigenvalue weighted by Gasteiger charge is 2.18. The predicted octanol–water partition coefficient (Wildman–Crippen LogP) is 5.01. The van der Waals surface area contributed by atoms with Crippen LogP contribution in [-0.4, -0.2) is 0 Å². The SMILES string of the molecule is N#Cc1ccc(Oc2c(F)ccc(OI)c2F)c(Cl)c1. The van der Waals surface area contributed by atoms with Crippen LogP contribution in [0.5, 0.6) is 17.2 Å². The van der Waals surface area contributed by atoms with Gasteiger partial charge in [0.15, 0.2) is 34.6 Å². The van der Waals surface area contributed by atoms with Crippen molar-refractivity contribution in [1.82, 2.24) is 0 Å². The molecule has 0 N–H and O–H groups in total. The van der Waals surface area contributed by atoms with Gasteiger partial charge in [-0.2, -0.15) is 9.65 Å². The van der Waals surface area contributed by atoms with Crippen molar-refractivity contribution < 1.29 is 16.6 Å². The van der Waals surface area contributed by atoms with Gasteiger partial charge in [0.25, 0.3) is 0 Å². The van der Waals surface area contributed by atoms with Crippen LogP contribution in [0.3, 0.4) is 0 Å². The second-order valence-electron chi connectivity index (χ2n) is 3.62. The summed E-state index contributed by atoms with van der Waals surface area (Å²) in [6.07, 6.45) is 0. The molecule has 0 fully saturated rings. The third-order valence-corrected chi connectivity index (χ3v) is 3.14. The van der Waals surface area contributed by atoms with Gasteiger partial charge >= 0.3 is 0 Å². The van der Waals surface area contributed by atoms with E-state index in [0.29, 0.717) is 5.56 Å². The highest BCUT2D eigenvalue weighted by molar-refractivity contribution is 14.1. The van der Waals surface area contributed by atoms with Crippen LogP contribution in [0.1, 0.15) is 5.56 Å². The van der Waals surface area contributed by atoms with Gasteiger partial charge in [0.1, 0.15) is 5.75 Å². The van der Waals surface area contributed by atoms with Crippen molar-refractivity contribution in [3.8, 4) is 23.3 Å². The van der Waals surface area contributed by atoms with Crippen molar-refractivity contribution in [3.63, 3.8) is 0 Å². The van der Waals surface area contributed by atoms with E-state index in [1.54, 1.807) is 0 Å². The molecule has 0 spiro atoms. The van der Waals surface area contributed by atoms with E-state index in [1.807, 2.05) is 6.07 Å². The maximum absolute atomic E-state index is 13.9. The molecular formula is C13H5ClF2INO2. The summed E-state index contributed by atoms with van der Waals surface area (Å²) in [5.74, 6) is -2.61. The molecule has 0 radical (unpaired) electrons. The Hall–Kier alpha value is -1.59. The average Bonchev–Trinajstić information content (AvgIpc) is 2.45. The first-order valence-electron chi connectivity index (χ1n) is 5.21. The van der Waals surface area contributed by atoms with E-state index < -0.39 is 17.4 Å². The molecule has 0 atom stereocenters. The molecule has 0 amide bonds. The Kier molecular flexibility index (Phi) is 4.62. The van der Waals surface area contributed by atoms with Crippen molar-refractivity contribution in [3.05, 3.63) is 52.6 Å². The standard InChI is InChI=1S/C13H5ClF2INO2/c14-8-5-7(6-18)1-3-10(8)19-13-9(15)2-4-11(20-17)12(13)16/h1-5H. The fourth-order valence-electron chi connectivity index (χ4n) is 1.43. The normalized spacial score (nSPS) is 9.95. The molecule has 2 aromatic carbocycles. The number of halogens is 4. The number of nitrogens with zero attached hydrogens (tertiary/aromatic N) is 1. The lowest BCUT2D eigenvalue weighted by Gasteiger charge is -2.11. The van der Waals surface area contributed by atoms with Crippen LogP contribution in [0.2, 0.25) is 5.02 Å². The number of ether oxygens (including phenoxy) is 1. The summed E-state index contributed by atoms with van der Waals surface area (Å²) in [7, 11) is 0. The lowest BCUT2D eigenvalue weighted by atomic mass is 10.2. The van der Waals surface area contributed by atoms with Crippen LogP contribution in [0, 0.1) is 23.0 Å². The Bertz CT molecular complexity index is 704. The van der Waals surface area contributed by atoms with Crippen molar-refractivity contribution in [2.24, 2.45) is 0 Å². The number of benzene rings is 2. The number of rotatable bonds is 3. The first-order valence-corrected chi connectivity index (χ1v) is 6.46. The van der Waals surface area contributed by atoms with Crippen molar-refractivity contribution in [2.45, 2.75) is 0 Å². The minimum Gasteiger partial charge on any atom is -0.449 e. The van der Waals surface area contributed by atoms with Crippen molar-refractivity contribution >= 4 is 34.6 Å². The molecule has 0 saturated heterocycles. The molecule has 0 saturated carbocycles. The van der Waals surface area contributed by atoms with Crippen molar-refractivity contribution in [1.29, 1.82) is 5.26 Å². The van der Waals surface area contributed by atoms with Gasteiger partial charge in [-0.15, -0.1) is 0 Å². The maximum atomic E-state index is 13.9. The molecule has 20 heavy (non-hydrogen) atoms. The molecule has 0 aromatic heterocycles. The zero-order valence-electron chi connectivity index (χ0n) is 9.66. The van der Waals surface area contributed by atoms with E-state index in [2.05, 4.69) is 0 Å². The highest BCUT2D eigenvalue weighted by Crippen LogP contribution is 2.36. The third kappa shape index (κ3) is 2.94. The largest absolute Gasteiger partial charge is 0.449 e. The van der Waals surface area contributed by atoms with Gasteiger partial charge in [0, 0.05) is 0 Å². The Balaban J connectivity index is 2.43. The second-order valence-corrected chi connectivity index (χ2v) is 4.47. The Labute approximate surface area is 132 Å². The third-order valence-electron chi connectivity index (χ3n) is 2.37. The van der Waals surface area contributed by atoms with Crippen LogP contribution in [-0.2, 0) is 0 Å².